The first kappa shape index (κ1) is 18.8. The number of nitrogens with zero attached hydrogens (tertiary/aromatic N) is 1. The predicted molar refractivity (Wildman–Crippen MR) is 91.6 cm³/mol. The van der Waals surface area contributed by atoms with Gasteiger partial charge in [-0.3, -0.25) is 4.79 Å². The molecule has 2 aromatic rings. The lowest BCUT2D eigenvalue weighted by Crippen LogP contribution is -2.28. The van der Waals surface area contributed by atoms with Crippen molar-refractivity contribution in [3.05, 3.63) is 53.6 Å². The number of carbonyl (C=O) groups excluding carboxylic acids is 2. The molecule has 0 aliphatic carbocycles. The van der Waals surface area contributed by atoms with Crippen LogP contribution in [-0.4, -0.2) is 38.9 Å². The normalized spacial score (nSPS) is 10.4. The maximum atomic E-state index is 12.2. The van der Waals surface area contributed by atoms with E-state index in [4.69, 9.17) is 14.2 Å². The summed E-state index contributed by atoms with van der Waals surface area (Å²) in [7, 11) is 2.99. The molecule has 0 heterocycles. The third-order valence-corrected chi connectivity index (χ3v) is 3.23. The fourth-order valence-electron chi connectivity index (χ4n) is 1.96. The summed E-state index contributed by atoms with van der Waals surface area (Å²) < 4.78 is 15.2. The van der Waals surface area contributed by atoms with Gasteiger partial charge in [-0.05, 0) is 42.0 Å². The standard InChI is InChI=1S/C18H18N2O6/c1-24-15-7-13(8-16(9-15)25-2)18(23)20-19-10-12-3-5-14(6-4-12)26-11-17(21)22/h3-10H,11H2,1-2H3,(H,20,23)(H,21,22)/p-1/b19-10-. The largest absolute Gasteiger partial charge is 0.546 e. The number of amides is 1. The van der Waals surface area contributed by atoms with Crippen molar-refractivity contribution in [1.82, 2.24) is 5.43 Å². The minimum Gasteiger partial charge on any atom is -0.546 e. The summed E-state index contributed by atoms with van der Waals surface area (Å²) in [6.45, 7) is -0.520. The molecule has 0 fully saturated rings. The van der Waals surface area contributed by atoms with Crippen LogP contribution in [0.3, 0.4) is 0 Å². The first-order chi connectivity index (χ1) is 12.5. The Hall–Kier alpha value is -3.55. The lowest BCUT2D eigenvalue weighted by molar-refractivity contribution is -0.307. The van der Waals surface area contributed by atoms with Crippen molar-refractivity contribution in [3.63, 3.8) is 0 Å². The van der Waals surface area contributed by atoms with E-state index in [2.05, 4.69) is 10.5 Å². The highest BCUT2D eigenvalue weighted by Gasteiger charge is 2.09. The van der Waals surface area contributed by atoms with Gasteiger partial charge in [-0.25, -0.2) is 5.43 Å². The lowest BCUT2D eigenvalue weighted by atomic mass is 10.2. The highest BCUT2D eigenvalue weighted by atomic mass is 16.5. The number of carboxylic acid groups (broad SMARTS) is 1. The Labute approximate surface area is 150 Å². The average molecular weight is 357 g/mol. The molecule has 0 saturated carbocycles. The van der Waals surface area contributed by atoms with Gasteiger partial charge in [0.1, 0.15) is 23.9 Å². The van der Waals surface area contributed by atoms with Crippen molar-refractivity contribution in [2.24, 2.45) is 5.10 Å². The van der Waals surface area contributed by atoms with E-state index in [1.54, 1.807) is 42.5 Å². The third kappa shape index (κ3) is 5.52. The number of hydrogen-bond acceptors (Lipinski definition) is 7. The molecule has 0 saturated heterocycles. The first-order valence-electron chi connectivity index (χ1n) is 7.51. The molecule has 136 valence electrons. The van der Waals surface area contributed by atoms with E-state index in [9.17, 15) is 14.7 Å². The van der Waals surface area contributed by atoms with Gasteiger partial charge in [0.2, 0.25) is 0 Å². The minimum absolute atomic E-state index is 0.337. The number of benzene rings is 2. The van der Waals surface area contributed by atoms with Gasteiger partial charge in [0.25, 0.3) is 5.91 Å². The Morgan fingerprint density at radius 1 is 1.04 bits per heavy atom. The van der Waals surface area contributed by atoms with Gasteiger partial charge in [-0.15, -0.1) is 0 Å². The van der Waals surface area contributed by atoms with Crippen molar-refractivity contribution in [2.75, 3.05) is 20.8 Å². The molecule has 0 spiro atoms. The molecule has 0 aliphatic heterocycles. The maximum absolute atomic E-state index is 12.2. The summed E-state index contributed by atoms with van der Waals surface area (Å²) in [5.74, 6) is -0.352. The molecule has 1 amide bonds. The van der Waals surface area contributed by atoms with Crippen LogP contribution >= 0.6 is 0 Å². The van der Waals surface area contributed by atoms with Gasteiger partial charge in [0.15, 0.2) is 0 Å². The third-order valence-electron chi connectivity index (χ3n) is 3.23. The molecule has 1 N–H and O–H groups in total. The summed E-state index contributed by atoms with van der Waals surface area (Å²) in [6.07, 6.45) is 1.44. The van der Waals surface area contributed by atoms with E-state index >= 15 is 0 Å². The van der Waals surface area contributed by atoms with Crippen LogP contribution in [0, 0.1) is 0 Å². The zero-order chi connectivity index (χ0) is 18.9. The number of hydrazone groups is 1. The van der Waals surface area contributed by atoms with Crippen LogP contribution in [0.25, 0.3) is 0 Å². The Morgan fingerprint density at radius 2 is 1.65 bits per heavy atom. The lowest BCUT2D eigenvalue weighted by Gasteiger charge is -2.07. The SMILES string of the molecule is COc1cc(OC)cc(C(=O)N/N=C\c2ccc(OCC(=O)[O-])cc2)c1. The van der Waals surface area contributed by atoms with Gasteiger partial charge in [0, 0.05) is 11.6 Å². The number of ether oxygens (including phenoxy) is 3. The smallest absolute Gasteiger partial charge is 0.271 e. The fourth-order valence-corrected chi connectivity index (χ4v) is 1.96. The molecule has 0 bridgehead atoms. The monoisotopic (exact) mass is 357 g/mol. The number of methoxy groups -OCH3 is 2. The first-order valence-corrected chi connectivity index (χ1v) is 7.51. The molecule has 0 aromatic heterocycles. The quantitative estimate of drug-likeness (QED) is 0.547. The van der Waals surface area contributed by atoms with Gasteiger partial charge >= 0.3 is 0 Å². The average Bonchev–Trinajstić information content (AvgIpc) is 2.66. The second-order valence-electron chi connectivity index (χ2n) is 5.03. The van der Waals surface area contributed by atoms with Crippen LogP contribution in [0.15, 0.2) is 47.6 Å². The molecule has 0 radical (unpaired) electrons. The van der Waals surface area contributed by atoms with E-state index in [1.807, 2.05) is 0 Å². The highest BCUT2D eigenvalue weighted by molar-refractivity contribution is 5.95. The van der Waals surface area contributed by atoms with E-state index in [0.717, 1.165) is 0 Å². The van der Waals surface area contributed by atoms with E-state index in [1.165, 1.54) is 20.4 Å². The molecule has 0 aliphatic rings. The molecule has 2 rings (SSSR count). The number of carbonyl (C=O) groups is 2. The van der Waals surface area contributed by atoms with Crippen LogP contribution in [0.4, 0.5) is 0 Å². The van der Waals surface area contributed by atoms with Gasteiger partial charge < -0.3 is 24.1 Å². The van der Waals surface area contributed by atoms with Crippen LogP contribution in [0.5, 0.6) is 17.2 Å². The number of aliphatic carboxylic acids is 1. The van der Waals surface area contributed by atoms with Gasteiger partial charge in [-0.2, -0.15) is 5.10 Å². The van der Waals surface area contributed by atoms with E-state index in [-0.39, 0.29) is 0 Å². The molecule has 0 atom stereocenters. The van der Waals surface area contributed by atoms with E-state index in [0.29, 0.717) is 28.4 Å². The zero-order valence-corrected chi connectivity index (χ0v) is 14.2. The van der Waals surface area contributed by atoms with Crippen molar-refractivity contribution >= 4 is 18.1 Å². The Balaban J connectivity index is 1.97. The Morgan fingerprint density at radius 3 is 2.19 bits per heavy atom. The van der Waals surface area contributed by atoms with Gasteiger partial charge in [0.05, 0.1) is 26.4 Å². The minimum atomic E-state index is -1.30. The summed E-state index contributed by atoms with van der Waals surface area (Å²) >= 11 is 0. The molecular formula is C18H17N2O6-. The number of nitrogens with one attached hydrogen (secondary N) is 1. The second kappa shape index (κ2) is 9.07. The summed E-state index contributed by atoms with van der Waals surface area (Å²) in [5.41, 5.74) is 3.43. The van der Waals surface area contributed by atoms with Crippen molar-refractivity contribution < 1.29 is 28.9 Å². The molecule has 8 heteroatoms. The summed E-state index contributed by atoms with van der Waals surface area (Å²) in [5, 5.41) is 14.2. The van der Waals surface area contributed by atoms with E-state index < -0.39 is 18.5 Å². The maximum Gasteiger partial charge on any atom is 0.271 e. The van der Waals surface area contributed by atoms with Crippen LogP contribution < -0.4 is 24.7 Å². The Bertz CT molecular complexity index is 780. The van der Waals surface area contributed by atoms with Crippen LogP contribution in [-0.2, 0) is 4.79 Å². The number of hydrogen-bond donors (Lipinski definition) is 1. The highest BCUT2D eigenvalue weighted by Crippen LogP contribution is 2.22. The van der Waals surface area contributed by atoms with Crippen LogP contribution in [0.2, 0.25) is 0 Å². The molecule has 2 aromatic carbocycles. The topological polar surface area (TPSA) is 109 Å². The number of carboxylic acids is 1. The molecule has 0 unspecified atom stereocenters. The van der Waals surface area contributed by atoms with Crippen molar-refractivity contribution in [2.45, 2.75) is 0 Å². The van der Waals surface area contributed by atoms with Crippen molar-refractivity contribution in [1.29, 1.82) is 0 Å². The predicted octanol–water partition coefficient (Wildman–Crippen LogP) is 0.596. The fraction of sp³-hybridized carbons (Fsp3) is 0.167. The summed E-state index contributed by atoms with van der Waals surface area (Å²) in [6, 6.07) is 11.3. The Kier molecular flexibility index (Phi) is 6.55. The van der Waals surface area contributed by atoms with Crippen LogP contribution in [0.1, 0.15) is 15.9 Å². The summed E-state index contributed by atoms with van der Waals surface area (Å²) in [4.78, 5) is 22.5. The molecule has 8 nitrogen and oxygen atoms in total. The van der Waals surface area contributed by atoms with Crippen molar-refractivity contribution in [3.8, 4) is 17.2 Å². The number of rotatable bonds is 8. The molecular weight excluding hydrogens is 340 g/mol. The van der Waals surface area contributed by atoms with Gasteiger partial charge in [-0.1, -0.05) is 0 Å². The second-order valence-corrected chi connectivity index (χ2v) is 5.03. The molecule has 26 heavy (non-hydrogen) atoms. The zero-order valence-electron chi connectivity index (χ0n) is 14.2.